The zero-order valence-corrected chi connectivity index (χ0v) is 41.7. The summed E-state index contributed by atoms with van der Waals surface area (Å²) in [4.78, 5) is 0. The molecule has 2 nitrogen and oxygen atoms in total. The fourth-order valence-electron chi connectivity index (χ4n) is 14.6. The Morgan fingerprint density at radius 3 is 1.07 bits per heavy atom. The van der Waals surface area contributed by atoms with Crippen molar-refractivity contribution in [2.24, 2.45) is 0 Å². The van der Waals surface area contributed by atoms with Crippen LogP contribution in [0.3, 0.4) is 0 Å². The highest BCUT2D eigenvalue weighted by Gasteiger charge is 2.38. The third kappa shape index (κ3) is 4.96. The van der Waals surface area contributed by atoms with E-state index in [1.165, 1.54) is 165 Å². The molecule has 0 fully saturated rings. The summed E-state index contributed by atoms with van der Waals surface area (Å²) in [5.74, 6) is 0. The Labute approximate surface area is 428 Å². The Hall–Kier alpha value is -8.98. The van der Waals surface area contributed by atoms with Crippen LogP contribution in [0, 0.1) is 0 Å². The molecule has 0 radical (unpaired) electrons. The van der Waals surface area contributed by atoms with Gasteiger partial charge in [-0.2, -0.15) is 0 Å². The minimum atomic E-state index is -0.111. The van der Waals surface area contributed by atoms with Crippen LogP contribution >= 0.6 is 0 Å². The molecule has 2 heteroatoms. The van der Waals surface area contributed by atoms with E-state index in [-0.39, 0.29) is 10.8 Å². The predicted octanol–water partition coefficient (Wildman–Crippen LogP) is 19.3. The molecule has 0 amide bonds. The third-order valence-electron chi connectivity index (χ3n) is 17.9. The van der Waals surface area contributed by atoms with Crippen molar-refractivity contribution in [1.82, 2.24) is 8.80 Å². The first kappa shape index (κ1) is 40.6. The topological polar surface area (TPSA) is 8.82 Å². The van der Waals surface area contributed by atoms with Crippen molar-refractivity contribution in [1.29, 1.82) is 0 Å². The van der Waals surface area contributed by atoms with E-state index in [4.69, 9.17) is 0 Å². The van der Waals surface area contributed by atoms with E-state index in [1.807, 2.05) is 0 Å². The van der Waals surface area contributed by atoms with Gasteiger partial charge in [-0.1, -0.05) is 198 Å². The SMILES string of the molecule is CC1(C)c2ccccc2-c2ccc(-c3cc4c5ccccc5n5c6c(-c7ccccc7)c7c8cc(-c9ccc%10c(c9)C(C)(C)c9ccccc9-%10)cc9c%10ccccc%10n(c7c(-c7ccccc7)c6c(c3)c45)c98)cc21. The molecular formula is C72H48N2. The number of hydrogen-bond acceptors (Lipinski definition) is 0. The van der Waals surface area contributed by atoms with E-state index in [2.05, 4.69) is 255 Å². The number of benzene rings is 11. The Morgan fingerprint density at radius 1 is 0.257 bits per heavy atom. The van der Waals surface area contributed by atoms with Gasteiger partial charge in [0.1, 0.15) is 0 Å². The fraction of sp³-hybridized carbons (Fsp3) is 0.0833. The maximum atomic E-state index is 2.64. The highest BCUT2D eigenvalue weighted by atomic mass is 14.9. The van der Waals surface area contributed by atoms with Gasteiger partial charge in [-0.15, -0.1) is 0 Å². The van der Waals surface area contributed by atoms with E-state index in [9.17, 15) is 0 Å². The summed E-state index contributed by atoms with van der Waals surface area (Å²) in [6, 6.07) is 83.3. The van der Waals surface area contributed by atoms with Gasteiger partial charge in [0.2, 0.25) is 0 Å². The zero-order valence-electron chi connectivity index (χ0n) is 41.7. The smallest absolute Gasteiger partial charge is 0.0634 e. The van der Waals surface area contributed by atoms with Crippen LogP contribution in [0.5, 0.6) is 0 Å². The average molecular weight is 941 g/mol. The summed E-state index contributed by atoms with van der Waals surface area (Å²) in [6.07, 6.45) is 0. The number of rotatable bonds is 4. The van der Waals surface area contributed by atoms with Crippen molar-refractivity contribution in [3.05, 3.63) is 241 Å². The number of nitrogens with zero attached hydrogens (tertiary/aromatic N) is 2. The van der Waals surface area contributed by atoms with Gasteiger partial charge in [0.25, 0.3) is 0 Å². The summed E-state index contributed by atoms with van der Waals surface area (Å²) in [7, 11) is 0. The normalized spacial score (nSPS) is 14.4. The van der Waals surface area contributed by atoms with Gasteiger partial charge in [0.05, 0.1) is 33.1 Å². The van der Waals surface area contributed by atoms with E-state index < -0.39 is 0 Å². The van der Waals surface area contributed by atoms with Gasteiger partial charge < -0.3 is 8.80 Å². The van der Waals surface area contributed by atoms with Crippen molar-refractivity contribution in [3.8, 4) is 66.8 Å². The maximum Gasteiger partial charge on any atom is 0.0634 e. The summed E-state index contributed by atoms with van der Waals surface area (Å²) < 4.78 is 5.29. The zero-order chi connectivity index (χ0) is 48.9. The summed E-state index contributed by atoms with van der Waals surface area (Å²) >= 11 is 0. The summed E-state index contributed by atoms with van der Waals surface area (Å²) in [5.41, 5.74) is 28.2. The lowest BCUT2D eigenvalue weighted by Gasteiger charge is -2.22. The van der Waals surface area contributed by atoms with Crippen molar-refractivity contribution in [2.45, 2.75) is 38.5 Å². The molecular weight excluding hydrogens is 893 g/mol. The minimum Gasteiger partial charge on any atom is -0.307 e. The first-order chi connectivity index (χ1) is 36.3. The second-order valence-corrected chi connectivity index (χ2v) is 22.3. The number of aromatic nitrogens is 2. The standard InChI is InChI=1S/C72H48N2/c1-71(2)57-27-15-11-23-47(57)49-33-31-43(39-59(49)71)45-35-53-51-25-13-17-29-61(51)73-67(53)55(37-45)65-63(41-19-7-5-8-20-41)70-66(64(69(65)73)42-21-9-6-10-22-42)56-38-46(36-54-52-26-14-18-30-62(52)74(70)68(54)56)44-32-34-50-48-24-12-16-28-58(48)72(3,4)60(50)40-44/h5-40H,1-4H3. The molecule has 17 rings (SSSR count). The van der Waals surface area contributed by atoms with Crippen LogP contribution < -0.4 is 0 Å². The summed E-state index contributed by atoms with van der Waals surface area (Å²) in [6.45, 7) is 9.56. The van der Waals surface area contributed by atoms with Gasteiger partial charge in [-0.25, -0.2) is 0 Å². The first-order valence-corrected chi connectivity index (χ1v) is 26.3. The predicted molar refractivity (Wildman–Crippen MR) is 313 cm³/mol. The summed E-state index contributed by atoms with van der Waals surface area (Å²) in [5, 5.41) is 10.2. The van der Waals surface area contributed by atoms with E-state index in [0.717, 1.165) is 0 Å². The van der Waals surface area contributed by atoms with Crippen LogP contribution in [0.1, 0.15) is 49.9 Å². The molecule has 15 aromatic rings. The lowest BCUT2D eigenvalue weighted by Crippen LogP contribution is -2.14. The van der Waals surface area contributed by atoms with Crippen LogP contribution in [0.15, 0.2) is 218 Å². The van der Waals surface area contributed by atoms with E-state index in [1.54, 1.807) is 0 Å². The second-order valence-electron chi connectivity index (χ2n) is 22.3. The Bertz CT molecular complexity index is 4610. The lowest BCUT2D eigenvalue weighted by molar-refractivity contribution is 0.660. The number of para-hydroxylation sites is 2. The van der Waals surface area contributed by atoms with Crippen LogP contribution in [0.25, 0.3) is 143 Å². The van der Waals surface area contributed by atoms with Gasteiger partial charge in [0, 0.05) is 65.0 Å². The second kappa shape index (κ2) is 13.9. The van der Waals surface area contributed by atoms with Crippen LogP contribution in [0.4, 0.5) is 0 Å². The average Bonchev–Trinajstić information content (AvgIpc) is 4.26. The van der Waals surface area contributed by atoms with E-state index in [0.29, 0.717) is 0 Å². The number of fused-ring (bicyclic) bond motifs is 18. The molecule has 0 saturated heterocycles. The van der Waals surface area contributed by atoms with Gasteiger partial charge in [-0.05, 0) is 126 Å². The first-order valence-electron chi connectivity index (χ1n) is 26.3. The fourth-order valence-corrected chi connectivity index (χ4v) is 14.6. The quantitative estimate of drug-likeness (QED) is 0.166. The van der Waals surface area contributed by atoms with Crippen LogP contribution in [-0.4, -0.2) is 8.80 Å². The molecule has 0 unspecified atom stereocenters. The van der Waals surface area contributed by atoms with Crippen molar-refractivity contribution in [2.75, 3.05) is 0 Å². The molecule has 2 aliphatic rings. The highest BCUT2D eigenvalue weighted by molar-refractivity contribution is 6.38. The Balaban J connectivity index is 1.06. The van der Waals surface area contributed by atoms with Crippen molar-refractivity contribution in [3.63, 3.8) is 0 Å². The van der Waals surface area contributed by atoms with Crippen LogP contribution in [-0.2, 0) is 10.8 Å². The molecule has 0 N–H and O–H groups in total. The molecule has 0 bridgehead atoms. The largest absolute Gasteiger partial charge is 0.307 e. The van der Waals surface area contributed by atoms with Crippen molar-refractivity contribution < 1.29 is 0 Å². The molecule has 2 aliphatic carbocycles. The molecule has 346 valence electrons. The molecule has 4 aromatic heterocycles. The number of hydrogen-bond donors (Lipinski definition) is 0. The Kier molecular flexibility index (Phi) is 7.65. The molecule has 0 atom stereocenters. The molecule has 0 spiro atoms. The Morgan fingerprint density at radius 2 is 0.622 bits per heavy atom. The lowest BCUT2D eigenvalue weighted by atomic mass is 9.81. The van der Waals surface area contributed by atoms with Gasteiger partial charge >= 0.3 is 0 Å². The maximum absolute atomic E-state index is 2.64. The molecule has 0 aliphatic heterocycles. The highest BCUT2D eigenvalue weighted by Crippen LogP contribution is 2.57. The molecule has 0 saturated carbocycles. The third-order valence-corrected chi connectivity index (χ3v) is 17.9. The monoisotopic (exact) mass is 940 g/mol. The van der Waals surface area contributed by atoms with Gasteiger partial charge in [0.15, 0.2) is 0 Å². The molecule has 74 heavy (non-hydrogen) atoms. The van der Waals surface area contributed by atoms with Gasteiger partial charge in [-0.3, -0.25) is 0 Å². The van der Waals surface area contributed by atoms with Crippen LogP contribution in [0.2, 0.25) is 0 Å². The molecule has 11 aromatic carbocycles. The van der Waals surface area contributed by atoms with E-state index >= 15 is 0 Å². The minimum absolute atomic E-state index is 0.111. The molecule has 4 heterocycles. The van der Waals surface area contributed by atoms with Crippen molar-refractivity contribution >= 4 is 76.2 Å².